The van der Waals surface area contributed by atoms with E-state index in [9.17, 15) is 22.9 Å². The van der Waals surface area contributed by atoms with Crippen molar-refractivity contribution < 1.29 is 27.4 Å². The number of carbonyl (C=O) groups is 1. The molecule has 1 saturated heterocycles. The fourth-order valence-corrected chi connectivity index (χ4v) is 6.37. The van der Waals surface area contributed by atoms with E-state index in [0.29, 0.717) is 48.3 Å². The van der Waals surface area contributed by atoms with Crippen LogP contribution < -0.4 is 4.74 Å². The van der Waals surface area contributed by atoms with Crippen LogP contribution in [0.2, 0.25) is 0 Å². The number of hydrogen-bond acceptors (Lipinski definition) is 8. The van der Waals surface area contributed by atoms with Crippen molar-refractivity contribution in [2.75, 3.05) is 39.6 Å². The van der Waals surface area contributed by atoms with Gasteiger partial charge in [-0.2, -0.15) is 4.91 Å². The van der Waals surface area contributed by atoms with E-state index in [1.807, 2.05) is 0 Å². The number of benzene rings is 2. The minimum Gasteiger partial charge on any atom is -0.497 e. The van der Waals surface area contributed by atoms with E-state index in [4.69, 9.17) is 9.47 Å². The van der Waals surface area contributed by atoms with Crippen LogP contribution in [-0.2, 0) is 9.53 Å². The molecule has 40 heavy (non-hydrogen) atoms. The topological polar surface area (TPSA) is 81.1 Å². The largest absolute Gasteiger partial charge is 0.497 e. The maximum atomic E-state index is 15.0. The van der Waals surface area contributed by atoms with Crippen LogP contribution in [-0.4, -0.2) is 55.5 Å². The molecule has 2 heterocycles. The van der Waals surface area contributed by atoms with Crippen molar-refractivity contribution in [3.05, 3.63) is 70.5 Å². The fourth-order valence-electron chi connectivity index (χ4n) is 5.40. The van der Waals surface area contributed by atoms with Crippen LogP contribution in [0.25, 0.3) is 10.9 Å². The zero-order valence-corrected chi connectivity index (χ0v) is 23.3. The zero-order chi connectivity index (χ0) is 28.6. The maximum absolute atomic E-state index is 15.0. The monoisotopic (exact) mass is 575 g/mol. The number of carbonyl (C=O) groups excluding carboxylic acids is 1. The van der Waals surface area contributed by atoms with Gasteiger partial charge in [0.1, 0.15) is 29.2 Å². The minimum absolute atomic E-state index is 0.0384. The lowest BCUT2D eigenvalue weighted by molar-refractivity contribution is -0.142. The van der Waals surface area contributed by atoms with Crippen molar-refractivity contribution in [1.29, 1.82) is 0 Å². The second-order valence-corrected chi connectivity index (χ2v) is 11.1. The van der Waals surface area contributed by atoms with Gasteiger partial charge >= 0.3 is 5.97 Å². The molecule has 1 aliphatic rings. The van der Waals surface area contributed by atoms with Gasteiger partial charge in [0.2, 0.25) is 0 Å². The summed E-state index contributed by atoms with van der Waals surface area (Å²) in [4.78, 5) is 30.8. The molecule has 0 amide bonds. The van der Waals surface area contributed by atoms with E-state index in [2.05, 4.69) is 15.1 Å². The van der Waals surface area contributed by atoms with Gasteiger partial charge in [-0.15, -0.1) is 11.8 Å². The number of nitrogens with zero attached hydrogens (tertiary/aromatic N) is 3. The number of halogens is 3. The Morgan fingerprint density at radius 2 is 1.98 bits per heavy atom. The lowest BCUT2D eigenvalue weighted by Crippen LogP contribution is -2.42. The van der Waals surface area contributed by atoms with Gasteiger partial charge in [0.25, 0.3) is 0 Å². The molecule has 214 valence electrons. The summed E-state index contributed by atoms with van der Waals surface area (Å²) in [6.07, 6.45) is 2.97. The average Bonchev–Trinajstić information content (AvgIpc) is 2.96. The molecule has 0 bridgehead atoms. The van der Waals surface area contributed by atoms with Crippen LogP contribution in [0, 0.1) is 34.2 Å². The molecular weight excluding hydrogens is 543 g/mol. The normalized spacial score (nSPS) is 18.4. The zero-order valence-electron chi connectivity index (χ0n) is 22.4. The predicted octanol–water partition coefficient (Wildman–Crippen LogP) is 6.54. The molecule has 0 radical (unpaired) electrons. The molecule has 0 saturated carbocycles. The molecule has 3 unspecified atom stereocenters. The summed E-state index contributed by atoms with van der Waals surface area (Å²) in [6, 6.07) is 7.57. The summed E-state index contributed by atoms with van der Waals surface area (Å²) in [7, 11) is 2.86. The van der Waals surface area contributed by atoms with Crippen LogP contribution in [0.3, 0.4) is 0 Å². The molecule has 0 spiro atoms. The predicted molar refractivity (Wildman–Crippen MR) is 148 cm³/mol. The lowest BCUT2D eigenvalue weighted by atomic mass is 9.79. The molecule has 3 aromatic rings. The average molecular weight is 576 g/mol. The second-order valence-electron chi connectivity index (χ2n) is 9.91. The van der Waals surface area contributed by atoms with E-state index >= 15 is 0 Å². The number of thioether (sulfide) groups is 1. The SMILES string of the molecule is COC(=O)CC1CN(CCSc2cc(F)ccc2F)CCC1CCC(N=O)c1c(F)cnc2ccc(OC)cc12. The third-order valence-electron chi connectivity index (χ3n) is 7.53. The number of piperidine rings is 1. The number of pyridine rings is 1. The number of ether oxygens (including phenoxy) is 2. The summed E-state index contributed by atoms with van der Waals surface area (Å²) in [6.45, 7) is 2.01. The number of methoxy groups -OCH3 is 2. The Balaban J connectivity index is 1.42. The maximum Gasteiger partial charge on any atom is 0.305 e. The molecule has 11 heteroatoms. The number of likely N-dealkylation sites (tertiary alicyclic amines) is 1. The van der Waals surface area contributed by atoms with E-state index in [1.165, 1.54) is 32.0 Å². The highest BCUT2D eigenvalue weighted by atomic mass is 32.2. The first kappa shape index (κ1) is 29.8. The summed E-state index contributed by atoms with van der Waals surface area (Å²) in [5.41, 5.74) is 0.737. The fraction of sp³-hybridized carbons (Fsp3) is 0.448. The van der Waals surface area contributed by atoms with Crippen LogP contribution in [0.5, 0.6) is 5.75 Å². The van der Waals surface area contributed by atoms with Gasteiger partial charge in [0.05, 0.1) is 25.9 Å². The van der Waals surface area contributed by atoms with Crippen molar-refractivity contribution in [3.8, 4) is 5.75 Å². The van der Waals surface area contributed by atoms with Crippen LogP contribution in [0.1, 0.15) is 37.3 Å². The van der Waals surface area contributed by atoms with Crippen molar-refractivity contribution in [2.24, 2.45) is 17.0 Å². The molecule has 2 aromatic carbocycles. The number of fused-ring (bicyclic) bond motifs is 1. The number of rotatable bonds is 12. The Morgan fingerprint density at radius 3 is 2.73 bits per heavy atom. The smallest absolute Gasteiger partial charge is 0.305 e. The minimum atomic E-state index is -0.924. The van der Waals surface area contributed by atoms with Gasteiger partial charge in [0.15, 0.2) is 0 Å². The van der Waals surface area contributed by atoms with Gasteiger partial charge in [0, 0.05) is 41.1 Å². The molecule has 1 aromatic heterocycles. The molecule has 3 atom stereocenters. The van der Waals surface area contributed by atoms with Gasteiger partial charge in [-0.05, 0) is 74.0 Å². The third-order valence-corrected chi connectivity index (χ3v) is 8.54. The van der Waals surface area contributed by atoms with Gasteiger partial charge in [-0.3, -0.25) is 9.78 Å². The molecular formula is C29H32F3N3O4S. The third kappa shape index (κ3) is 7.31. The molecule has 0 N–H and O–H groups in total. The second kappa shape index (κ2) is 13.9. The first-order valence-corrected chi connectivity index (χ1v) is 14.1. The Labute approximate surface area is 235 Å². The van der Waals surface area contributed by atoms with E-state index in [-0.39, 0.29) is 34.7 Å². The van der Waals surface area contributed by atoms with Crippen LogP contribution >= 0.6 is 11.8 Å². The van der Waals surface area contributed by atoms with Gasteiger partial charge in [-0.1, -0.05) is 5.18 Å². The van der Waals surface area contributed by atoms with Crippen molar-refractivity contribution in [3.63, 3.8) is 0 Å². The number of esters is 1. The first-order valence-electron chi connectivity index (χ1n) is 13.1. The highest BCUT2D eigenvalue weighted by Gasteiger charge is 2.32. The molecule has 0 aliphatic carbocycles. The Bertz CT molecular complexity index is 1350. The number of aromatic nitrogens is 1. The van der Waals surface area contributed by atoms with Gasteiger partial charge in [-0.25, -0.2) is 13.2 Å². The van der Waals surface area contributed by atoms with Gasteiger partial charge < -0.3 is 14.4 Å². The number of hydrogen-bond donors (Lipinski definition) is 0. The van der Waals surface area contributed by atoms with Crippen LogP contribution in [0.15, 0.2) is 52.7 Å². The van der Waals surface area contributed by atoms with Crippen LogP contribution in [0.4, 0.5) is 13.2 Å². The highest BCUT2D eigenvalue weighted by molar-refractivity contribution is 7.99. The summed E-state index contributed by atoms with van der Waals surface area (Å²) in [5.74, 6) is -0.717. The molecule has 7 nitrogen and oxygen atoms in total. The van der Waals surface area contributed by atoms with E-state index in [1.54, 1.807) is 18.2 Å². The van der Waals surface area contributed by atoms with E-state index < -0.39 is 23.5 Å². The Hall–Kier alpha value is -3.18. The number of nitroso groups, excluding NO2 is 1. The highest BCUT2D eigenvalue weighted by Crippen LogP contribution is 2.37. The molecule has 4 rings (SSSR count). The Morgan fingerprint density at radius 1 is 1.15 bits per heavy atom. The molecule has 1 fully saturated rings. The summed E-state index contributed by atoms with van der Waals surface area (Å²) < 4.78 is 52.6. The summed E-state index contributed by atoms with van der Waals surface area (Å²) in [5, 5.41) is 3.77. The van der Waals surface area contributed by atoms with Crippen molar-refractivity contribution in [2.45, 2.75) is 36.6 Å². The Kier molecular flexibility index (Phi) is 10.4. The van der Waals surface area contributed by atoms with E-state index in [0.717, 1.165) is 31.3 Å². The molecule has 1 aliphatic heterocycles. The first-order chi connectivity index (χ1) is 19.3. The van der Waals surface area contributed by atoms with Crippen molar-refractivity contribution in [1.82, 2.24) is 9.88 Å². The van der Waals surface area contributed by atoms with Crippen molar-refractivity contribution >= 4 is 28.6 Å². The standard InChI is InChI=1S/C29H32F3N3O4S/c1-38-21-5-8-25-22(15-21)29(24(32)16-33-25)26(34-37)7-3-18-9-10-35(17-19(18)13-28(36)39-2)11-12-40-27-14-20(30)4-6-23(27)31/h4-6,8,14-16,18-19,26H,3,7,9-13,17H2,1-2H3. The lowest BCUT2D eigenvalue weighted by Gasteiger charge is -2.38. The summed E-state index contributed by atoms with van der Waals surface area (Å²) >= 11 is 1.25. The quantitative estimate of drug-likeness (QED) is 0.138.